The van der Waals surface area contributed by atoms with Gasteiger partial charge in [-0.1, -0.05) is 6.07 Å². The summed E-state index contributed by atoms with van der Waals surface area (Å²) < 4.78 is 5.07. The zero-order valence-corrected chi connectivity index (χ0v) is 14.7. The number of aryl methyl sites for hydroxylation is 1. The quantitative estimate of drug-likeness (QED) is 0.775. The fourth-order valence-electron chi connectivity index (χ4n) is 3.53. The van der Waals surface area contributed by atoms with E-state index in [-0.39, 0.29) is 0 Å². The predicted octanol–water partition coefficient (Wildman–Crippen LogP) is 3.14. The van der Waals surface area contributed by atoms with Crippen LogP contribution in [0.25, 0.3) is 11.0 Å². The summed E-state index contributed by atoms with van der Waals surface area (Å²) in [5.41, 5.74) is 4.53. The van der Waals surface area contributed by atoms with Crippen LogP contribution in [0, 0.1) is 6.92 Å². The van der Waals surface area contributed by atoms with E-state index in [0.29, 0.717) is 12.6 Å². The Morgan fingerprint density at radius 2 is 2.12 bits per heavy atom. The smallest absolute Gasteiger partial charge is 0.153 e. The average Bonchev–Trinajstić information content (AvgIpc) is 3.22. The molecule has 1 saturated heterocycles. The molecule has 0 saturated carbocycles. The monoisotopic (exact) mass is 337 g/mol. The van der Waals surface area contributed by atoms with Gasteiger partial charge in [0, 0.05) is 31.6 Å². The van der Waals surface area contributed by atoms with Crippen LogP contribution in [0.1, 0.15) is 41.7 Å². The molecule has 0 radical (unpaired) electrons. The first-order valence-electron chi connectivity index (χ1n) is 8.72. The van der Waals surface area contributed by atoms with Crippen molar-refractivity contribution in [1.29, 1.82) is 0 Å². The number of hydrogen-bond acceptors (Lipinski definition) is 5. The second kappa shape index (κ2) is 6.90. The molecule has 3 heterocycles. The molecule has 1 aromatic carbocycles. The summed E-state index contributed by atoms with van der Waals surface area (Å²) >= 11 is 0. The van der Waals surface area contributed by atoms with Gasteiger partial charge in [0.15, 0.2) is 5.82 Å². The molecular formula is C19H23N5O. The molecule has 1 aliphatic rings. The van der Waals surface area contributed by atoms with Gasteiger partial charge in [-0.2, -0.15) is 0 Å². The number of methoxy groups -OCH3 is 1. The van der Waals surface area contributed by atoms with Crippen molar-refractivity contribution in [3.05, 3.63) is 53.4 Å². The summed E-state index contributed by atoms with van der Waals surface area (Å²) in [7, 11) is 1.65. The standard InChI is InChI=1S/C19H23N5O/c1-13-5-6-15-16(8-13)23-19(22-15)17-4-3-7-24(17)11-14-9-20-18(12-25-2)21-10-14/h5-6,8-10,17H,3-4,7,11-12H2,1-2H3,(H,22,23)/t17-/m0/s1. The second-order valence-electron chi connectivity index (χ2n) is 6.71. The van der Waals surface area contributed by atoms with Crippen molar-refractivity contribution in [1.82, 2.24) is 24.8 Å². The minimum absolute atomic E-state index is 0.325. The van der Waals surface area contributed by atoms with Gasteiger partial charge in [0.2, 0.25) is 0 Å². The van der Waals surface area contributed by atoms with Crippen molar-refractivity contribution in [3.8, 4) is 0 Å². The number of aromatic nitrogens is 4. The van der Waals surface area contributed by atoms with E-state index in [9.17, 15) is 0 Å². The fraction of sp³-hybridized carbons (Fsp3) is 0.421. The Kier molecular flexibility index (Phi) is 4.46. The van der Waals surface area contributed by atoms with Gasteiger partial charge in [0.1, 0.15) is 12.4 Å². The largest absolute Gasteiger partial charge is 0.377 e. The summed E-state index contributed by atoms with van der Waals surface area (Å²) in [6.45, 7) is 4.47. The Morgan fingerprint density at radius 3 is 2.92 bits per heavy atom. The molecule has 0 aliphatic carbocycles. The minimum atomic E-state index is 0.325. The Bertz CT molecular complexity index is 858. The van der Waals surface area contributed by atoms with E-state index in [4.69, 9.17) is 9.72 Å². The molecule has 25 heavy (non-hydrogen) atoms. The van der Waals surface area contributed by atoms with Crippen molar-refractivity contribution >= 4 is 11.0 Å². The lowest BCUT2D eigenvalue weighted by atomic mass is 10.2. The van der Waals surface area contributed by atoms with Crippen LogP contribution in [-0.2, 0) is 17.9 Å². The highest BCUT2D eigenvalue weighted by Gasteiger charge is 2.28. The average molecular weight is 337 g/mol. The summed E-state index contributed by atoms with van der Waals surface area (Å²) in [4.78, 5) is 19.5. The number of fused-ring (bicyclic) bond motifs is 1. The van der Waals surface area contributed by atoms with Crippen LogP contribution in [0.15, 0.2) is 30.6 Å². The lowest BCUT2D eigenvalue weighted by Gasteiger charge is -2.22. The van der Waals surface area contributed by atoms with Gasteiger partial charge in [0.25, 0.3) is 0 Å². The molecule has 6 heteroatoms. The molecule has 0 amide bonds. The summed E-state index contributed by atoms with van der Waals surface area (Å²) in [5, 5.41) is 0. The second-order valence-corrected chi connectivity index (χ2v) is 6.71. The summed E-state index contributed by atoms with van der Waals surface area (Å²) in [6, 6.07) is 6.68. The maximum absolute atomic E-state index is 5.07. The van der Waals surface area contributed by atoms with E-state index in [1.807, 2.05) is 12.4 Å². The molecule has 1 atom stereocenters. The topological polar surface area (TPSA) is 66.9 Å². The van der Waals surface area contributed by atoms with Gasteiger partial charge in [0.05, 0.1) is 17.1 Å². The van der Waals surface area contributed by atoms with Crippen molar-refractivity contribution in [2.24, 2.45) is 0 Å². The number of aromatic amines is 1. The van der Waals surface area contributed by atoms with Crippen molar-refractivity contribution < 1.29 is 4.74 Å². The maximum atomic E-state index is 5.07. The van der Waals surface area contributed by atoms with Crippen molar-refractivity contribution in [2.75, 3.05) is 13.7 Å². The lowest BCUT2D eigenvalue weighted by Crippen LogP contribution is -2.23. The molecule has 0 unspecified atom stereocenters. The van der Waals surface area contributed by atoms with E-state index in [1.165, 1.54) is 12.0 Å². The number of imidazole rings is 1. The lowest BCUT2D eigenvalue weighted by molar-refractivity contribution is 0.177. The van der Waals surface area contributed by atoms with Crippen molar-refractivity contribution in [3.63, 3.8) is 0 Å². The number of benzene rings is 1. The van der Waals surface area contributed by atoms with Crippen molar-refractivity contribution in [2.45, 2.75) is 39.0 Å². The van der Waals surface area contributed by atoms with Crippen LogP contribution >= 0.6 is 0 Å². The number of ether oxygens (including phenoxy) is 1. The normalized spacial score (nSPS) is 18.2. The Hall–Kier alpha value is -2.31. The third kappa shape index (κ3) is 3.41. The Morgan fingerprint density at radius 1 is 1.28 bits per heavy atom. The Balaban J connectivity index is 1.53. The molecule has 2 aromatic heterocycles. The zero-order chi connectivity index (χ0) is 17.2. The summed E-state index contributed by atoms with van der Waals surface area (Å²) in [6.07, 6.45) is 6.11. The molecule has 0 spiro atoms. The van der Waals surface area contributed by atoms with E-state index < -0.39 is 0 Å². The third-order valence-corrected chi connectivity index (χ3v) is 4.75. The van der Waals surface area contributed by atoms with Crippen LogP contribution in [0.4, 0.5) is 0 Å². The van der Waals surface area contributed by atoms with E-state index in [1.54, 1.807) is 7.11 Å². The van der Waals surface area contributed by atoms with Crippen LogP contribution < -0.4 is 0 Å². The molecule has 4 rings (SSSR count). The number of hydrogen-bond donors (Lipinski definition) is 1. The Labute approximate surface area is 147 Å². The van der Waals surface area contributed by atoms with Crippen LogP contribution in [0.3, 0.4) is 0 Å². The first-order chi connectivity index (χ1) is 12.2. The van der Waals surface area contributed by atoms with Gasteiger partial charge in [-0.15, -0.1) is 0 Å². The minimum Gasteiger partial charge on any atom is -0.377 e. The van der Waals surface area contributed by atoms with Crippen LogP contribution in [0.2, 0.25) is 0 Å². The molecule has 0 bridgehead atoms. The number of nitrogens with one attached hydrogen (secondary N) is 1. The van der Waals surface area contributed by atoms with Gasteiger partial charge < -0.3 is 9.72 Å². The number of likely N-dealkylation sites (tertiary alicyclic amines) is 1. The highest BCUT2D eigenvalue weighted by Crippen LogP contribution is 2.32. The van der Waals surface area contributed by atoms with Gasteiger partial charge in [-0.05, 0) is 44.0 Å². The molecule has 3 aromatic rings. The molecule has 1 N–H and O–H groups in total. The van der Waals surface area contributed by atoms with E-state index in [0.717, 1.165) is 47.8 Å². The molecular weight excluding hydrogens is 314 g/mol. The van der Waals surface area contributed by atoms with Gasteiger partial charge in [-0.3, -0.25) is 4.90 Å². The SMILES string of the molecule is COCc1ncc(CN2CCC[C@H]2c2nc3ccc(C)cc3[nH]2)cn1. The first kappa shape index (κ1) is 16.2. The molecule has 1 aliphatic heterocycles. The fourth-order valence-corrected chi connectivity index (χ4v) is 3.53. The van der Waals surface area contributed by atoms with E-state index >= 15 is 0 Å². The molecule has 6 nitrogen and oxygen atoms in total. The number of nitrogens with zero attached hydrogens (tertiary/aromatic N) is 4. The highest BCUT2D eigenvalue weighted by atomic mass is 16.5. The first-order valence-corrected chi connectivity index (χ1v) is 8.72. The number of rotatable bonds is 5. The molecule has 130 valence electrons. The third-order valence-electron chi connectivity index (χ3n) is 4.75. The predicted molar refractivity (Wildman–Crippen MR) is 96.0 cm³/mol. The molecule has 1 fully saturated rings. The van der Waals surface area contributed by atoms with Crippen LogP contribution in [0.5, 0.6) is 0 Å². The van der Waals surface area contributed by atoms with Crippen LogP contribution in [-0.4, -0.2) is 38.5 Å². The maximum Gasteiger partial charge on any atom is 0.153 e. The van der Waals surface area contributed by atoms with Gasteiger partial charge >= 0.3 is 0 Å². The number of H-pyrrole nitrogens is 1. The van der Waals surface area contributed by atoms with Gasteiger partial charge in [-0.25, -0.2) is 15.0 Å². The zero-order valence-electron chi connectivity index (χ0n) is 14.7. The summed E-state index contributed by atoms with van der Waals surface area (Å²) in [5.74, 6) is 1.78. The highest BCUT2D eigenvalue weighted by molar-refractivity contribution is 5.75. The van der Waals surface area contributed by atoms with E-state index in [2.05, 4.69) is 45.0 Å².